The number of ether oxygens (including phenoxy) is 1. The summed E-state index contributed by atoms with van der Waals surface area (Å²) in [6.07, 6.45) is 14.0. The van der Waals surface area contributed by atoms with E-state index >= 15 is 0 Å². The number of carbonyl (C=O) groups is 1. The largest absolute Gasteiger partial charge is 0.468 e. The number of benzene rings is 1. The van der Waals surface area contributed by atoms with Crippen molar-refractivity contribution in [3.05, 3.63) is 76.9 Å². The van der Waals surface area contributed by atoms with Gasteiger partial charge in [-0.3, -0.25) is 4.79 Å². The molecule has 0 radical (unpaired) electrons. The molecule has 0 aliphatic heterocycles. The normalized spacial score (nSPS) is 14.0. The summed E-state index contributed by atoms with van der Waals surface area (Å²) in [4.78, 5) is 12.4. The van der Waals surface area contributed by atoms with Crippen LogP contribution in [-0.2, 0) is 19.6 Å². The van der Waals surface area contributed by atoms with Gasteiger partial charge in [-0.15, -0.1) is 6.58 Å². The highest BCUT2D eigenvalue weighted by atomic mass is 32.2. The molecule has 0 aromatic heterocycles. The van der Waals surface area contributed by atoms with Crippen LogP contribution in [0.4, 0.5) is 0 Å². The molecular weight excluding hydrogens is 470 g/mol. The monoisotopic (exact) mass is 515 g/mol. The zero-order valence-corrected chi connectivity index (χ0v) is 23.8. The summed E-state index contributed by atoms with van der Waals surface area (Å²) in [5, 5.41) is 0. The van der Waals surface area contributed by atoms with Crippen molar-refractivity contribution in [2.75, 3.05) is 7.11 Å². The van der Waals surface area contributed by atoms with E-state index in [1.54, 1.807) is 12.1 Å². The molecule has 1 aromatic rings. The lowest BCUT2D eigenvalue weighted by Crippen LogP contribution is -2.41. The van der Waals surface area contributed by atoms with Crippen LogP contribution >= 0.6 is 0 Å². The summed E-state index contributed by atoms with van der Waals surface area (Å²) in [5.74, 6) is -0.603. The van der Waals surface area contributed by atoms with Crippen molar-refractivity contribution in [1.29, 1.82) is 0 Å². The molecule has 0 aliphatic rings. The van der Waals surface area contributed by atoms with Crippen LogP contribution in [0.3, 0.4) is 0 Å². The van der Waals surface area contributed by atoms with Gasteiger partial charge in [0.05, 0.1) is 12.0 Å². The third kappa shape index (κ3) is 13.0. The van der Waals surface area contributed by atoms with Gasteiger partial charge in [0.25, 0.3) is 0 Å². The fourth-order valence-corrected chi connectivity index (χ4v) is 4.89. The zero-order chi connectivity index (χ0) is 27.1. The number of rotatable bonds is 16. The molecule has 5 nitrogen and oxygen atoms in total. The fraction of sp³-hybridized carbons (Fsp3) is 0.500. The van der Waals surface area contributed by atoms with Gasteiger partial charge in [-0.05, 0) is 98.1 Å². The first kappa shape index (κ1) is 31.6. The molecule has 0 heterocycles. The third-order valence-electron chi connectivity index (χ3n) is 6.05. The quantitative estimate of drug-likeness (QED) is 0.184. The maximum absolute atomic E-state index is 12.7. The lowest BCUT2D eigenvalue weighted by Gasteiger charge is -2.16. The number of methoxy groups -OCH3 is 1. The molecule has 1 aromatic carbocycles. The van der Waals surface area contributed by atoms with E-state index in [1.807, 2.05) is 19.9 Å². The Morgan fingerprint density at radius 1 is 0.917 bits per heavy atom. The molecular formula is C30H45NO4S. The number of sulfonamides is 1. The van der Waals surface area contributed by atoms with Crippen molar-refractivity contribution in [2.24, 2.45) is 0 Å². The second-order valence-corrected chi connectivity index (χ2v) is 11.5. The number of allylic oxidation sites excluding steroid dienone is 6. The van der Waals surface area contributed by atoms with Crippen molar-refractivity contribution >= 4 is 16.0 Å². The lowest BCUT2D eigenvalue weighted by molar-refractivity contribution is -0.142. The van der Waals surface area contributed by atoms with E-state index < -0.39 is 22.0 Å². The first-order valence-electron chi connectivity index (χ1n) is 12.7. The molecule has 1 atom stereocenters. The molecule has 0 amide bonds. The molecule has 1 unspecified atom stereocenters. The van der Waals surface area contributed by atoms with Crippen LogP contribution in [0.25, 0.3) is 0 Å². The summed E-state index contributed by atoms with van der Waals surface area (Å²) in [6, 6.07) is 5.54. The molecule has 0 bridgehead atoms. The number of hydrogen-bond donors (Lipinski definition) is 1. The zero-order valence-electron chi connectivity index (χ0n) is 23.0. The molecule has 0 spiro atoms. The predicted molar refractivity (Wildman–Crippen MR) is 150 cm³/mol. The summed E-state index contributed by atoms with van der Waals surface area (Å²) in [6.45, 7) is 14.3. The molecule has 6 heteroatoms. The van der Waals surface area contributed by atoms with Crippen molar-refractivity contribution in [2.45, 2.75) is 96.9 Å². The first-order chi connectivity index (χ1) is 16.9. The van der Waals surface area contributed by atoms with Crippen molar-refractivity contribution < 1.29 is 17.9 Å². The van der Waals surface area contributed by atoms with Gasteiger partial charge in [0.1, 0.15) is 6.04 Å². The van der Waals surface area contributed by atoms with Crippen LogP contribution in [0.15, 0.2) is 76.3 Å². The van der Waals surface area contributed by atoms with Crippen LogP contribution in [0.5, 0.6) is 0 Å². The van der Waals surface area contributed by atoms with E-state index in [4.69, 9.17) is 4.74 Å². The van der Waals surface area contributed by atoms with E-state index in [-0.39, 0.29) is 11.3 Å². The third-order valence-corrected chi connectivity index (χ3v) is 7.54. The average molecular weight is 516 g/mol. The second kappa shape index (κ2) is 16.3. The highest BCUT2D eigenvalue weighted by Gasteiger charge is 2.25. The first-order valence-corrected chi connectivity index (χ1v) is 14.2. The maximum Gasteiger partial charge on any atom is 0.324 e. The van der Waals surface area contributed by atoms with Crippen LogP contribution < -0.4 is 4.72 Å². The number of carbonyl (C=O) groups excluding carboxylic acids is 1. The molecule has 0 saturated heterocycles. The van der Waals surface area contributed by atoms with Crippen LogP contribution in [0, 0.1) is 6.92 Å². The minimum atomic E-state index is -3.83. The van der Waals surface area contributed by atoms with Gasteiger partial charge in [0.2, 0.25) is 10.0 Å². The van der Waals surface area contributed by atoms with Crippen molar-refractivity contribution in [3.8, 4) is 0 Å². The Morgan fingerprint density at radius 3 is 1.97 bits per heavy atom. The van der Waals surface area contributed by atoms with Gasteiger partial charge < -0.3 is 4.74 Å². The number of hydrogen-bond acceptors (Lipinski definition) is 4. The molecule has 1 N–H and O–H groups in total. The maximum atomic E-state index is 12.7. The van der Waals surface area contributed by atoms with Gasteiger partial charge in [-0.1, -0.05) is 58.2 Å². The highest BCUT2D eigenvalue weighted by Crippen LogP contribution is 2.16. The molecule has 1 rings (SSSR count). The Kier molecular flexibility index (Phi) is 14.3. The van der Waals surface area contributed by atoms with Gasteiger partial charge in [0.15, 0.2) is 0 Å². The van der Waals surface area contributed by atoms with E-state index in [0.29, 0.717) is 0 Å². The lowest BCUT2D eigenvalue weighted by atomic mass is 10.0. The van der Waals surface area contributed by atoms with Gasteiger partial charge in [-0.25, -0.2) is 8.42 Å². The fourth-order valence-electron chi connectivity index (χ4n) is 3.69. The average Bonchev–Trinajstić information content (AvgIpc) is 2.81. The predicted octanol–water partition coefficient (Wildman–Crippen LogP) is 7.35. The van der Waals surface area contributed by atoms with Crippen LogP contribution in [0.2, 0.25) is 0 Å². The van der Waals surface area contributed by atoms with Gasteiger partial charge >= 0.3 is 5.97 Å². The van der Waals surface area contributed by atoms with Crippen LogP contribution in [-0.4, -0.2) is 27.5 Å². The Balaban J connectivity index is 2.58. The minimum Gasteiger partial charge on any atom is -0.468 e. The number of nitrogens with one attached hydrogen (secondary N) is 1. The molecule has 0 saturated carbocycles. The summed E-state index contributed by atoms with van der Waals surface area (Å²) >= 11 is 0. The van der Waals surface area contributed by atoms with E-state index in [0.717, 1.165) is 49.7 Å². The van der Waals surface area contributed by atoms with Crippen molar-refractivity contribution in [1.82, 2.24) is 4.72 Å². The van der Waals surface area contributed by atoms with E-state index in [9.17, 15) is 13.2 Å². The SMILES string of the molecule is C=C(C)CCC/C(C)=C/CC/C(C)=C/CC/C(C)=C/CC(NS(=O)(=O)c1ccc(C)cc1)C(=O)OC. The highest BCUT2D eigenvalue weighted by molar-refractivity contribution is 7.89. The number of esters is 1. The minimum absolute atomic E-state index is 0.125. The van der Waals surface area contributed by atoms with E-state index in [2.05, 4.69) is 44.2 Å². The van der Waals surface area contributed by atoms with Gasteiger partial charge in [0, 0.05) is 0 Å². The molecule has 200 valence electrons. The topological polar surface area (TPSA) is 72.5 Å². The number of aryl methyl sites for hydroxylation is 1. The van der Waals surface area contributed by atoms with Crippen molar-refractivity contribution in [3.63, 3.8) is 0 Å². The van der Waals surface area contributed by atoms with E-state index in [1.165, 1.54) is 42.4 Å². The Hall–Kier alpha value is -2.44. The molecule has 0 aliphatic carbocycles. The smallest absolute Gasteiger partial charge is 0.324 e. The van der Waals surface area contributed by atoms with Crippen LogP contribution in [0.1, 0.15) is 84.6 Å². The molecule has 36 heavy (non-hydrogen) atoms. The summed E-state index contributed by atoms with van der Waals surface area (Å²) < 4.78 is 32.8. The standard InChI is InChI=1S/C30H45NO4S/c1-23(2)11-8-12-24(3)13-9-14-25(4)15-10-16-26(5)19-22-29(30(32)35-7)31-36(33,34)28-20-17-27(6)18-21-28/h13,15,17-21,29,31H,1,8-12,14,16,22H2,2-7H3/b24-13+,25-15+,26-19+. The Bertz CT molecular complexity index is 1050. The van der Waals surface area contributed by atoms with Gasteiger partial charge in [-0.2, -0.15) is 4.72 Å². The second-order valence-electron chi connectivity index (χ2n) is 9.79. The summed E-state index contributed by atoms with van der Waals surface area (Å²) in [7, 11) is -2.57. The molecule has 0 fully saturated rings. The Morgan fingerprint density at radius 2 is 1.44 bits per heavy atom. The Labute approximate surface area is 219 Å². The summed E-state index contributed by atoms with van der Waals surface area (Å²) in [5.41, 5.74) is 6.13.